The number of carboxylic acids is 1. The first-order chi connectivity index (χ1) is 8.66. The second-order valence-electron chi connectivity index (χ2n) is 3.79. The minimum Gasteiger partial charge on any atom is -0.496 e. The maximum atomic E-state index is 12.8. The second-order valence-corrected chi connectivity index (χ2v) is 4.23. The maximum Gasteiger partial charge on any atom is 0.420 e. The average molecular weight is 298 g/mol. The molecule has 1 atom stereocenters. The van der Waals surface area contributed by atoms with Crippen LogP contribution < -0.4 is 10.5 Å². The Morgan fingerprint density at radius 3 is 2.53 bits per heavy atom. The highest BCUT2D eigenvalue weighted by molar-refractivity contribution is 6.30. The lowest BCUT2D eigenvalue weighted by molar-refractivity contribution is -0.139. The highest BCUT2D eigenvalue weighted by atomic mass is 35.5. The molecule has 3 N–H and O–H groups in total. The van der Waals surface area contributed by atoms with Gasteiger partial charge in [0.15, 0.2) is 0 Å². The molecular formula is C11H11ClF3NO3. The summed E-state index contributed by atoms with van der Waals surface area (Å²) >= 11 is 5.60. The summed E-state index contributed by atoms with van der Waals surface area (Å²) < 4.78 is 43.1. The maximum absolute atomic E-state index is 12.8. The minimum atomic E-state index is -4.65. The van der Waals surface area contributed by atoms with Crippen LogP contribution in [0.4, 0.5) is 13.2 Å². The normalized spacial score (nSPS) is 13.2. The van der Waals surface area contributed by atoms with Gasteiger partial charge in [-0.05, 0) is 17.7 Å². The number of benzene rings is 1. The highest BCUT2D eigenvalue weighted by Crippen LogP contribution is 2.40. The van der Waals surface area contributed by atoms with E-state index < -0.39 is 29.5 Å². The van der Waals surface area contributed by atoms with Gasteiger partial charge in [0.25, 0.3) is 0 Å². The Morgan fingerprint density at radius 2 is 2.11 bits per heavy atom. The predicted octanol–water partition coefficient (Wildman–Crippen LogP) is 2.32. The first-order valence-electron chi connectivity index (χ1n) is 5.08. The van der Waals surface area contributed by atoms with Crippen molar-refractivity contribution in [2.45, 2.75) is 18.6 Å². The SMILES string of the molecule is COc1c(CC(N)C(=O)O)cc(Cl)cc1C(F)(F)F. The standard InChI is InChI=1S/C11H11ClF3NO3/c1-19-9-5(3-8(16)10(17)18)2-6(12)4-7(9)11(13,14)15/h2,4,8H,3,16H2,1H3,(H,17,18). The van der Waals surface area contributed by atoms with Gasteiger partial charge in [-0.15, -0.1) is 0 Å². The van der Waals surface area contributed by atoms with Crippen LogP contribution in [-0.4, -0.2) is 24.2 Å². The summed E-state index contributed by atoms with van der Waals surface area (Å²) in [5.74, 6) is -1.79. The fraction of sp³-hybridized carbons (Fsp3) is 0.364. The van der Waals surface area contributed by atoms with E-state index in [1.807, 2.05) is 0 Å². The molecule has 4 nitrogen and oxygen atoms in total. The number of carboxylic acid groups (broad SMARTS) is 1. The van der Waals surface area contributed by atoms with Gasteiger partial charge in [0, 0.05) is 11.4 Å². The monoisotopic (exact) mass is 297 g/mol. The summed E-state index contributed by atoms with van der Waals surface area (Å²) in [7, 11) is 1.06. The number of halogens is 4. The van der Waals surface area contributed by atoms with Crippen molar-refractivity contribution in [1.29, 1.82) is 0 Å². The van der Waals surface area contributed by atoms with E-state index in [0.717, 1.165) is 13.2 Å². The third kappa shape index (κ3) is 3.74. The molecule has 0 aliphatic heterocycles. The average Bonchev–Trinajstić information content (AvgIpc) is 2.26. The zero-order chi connectivity index (χ0) is 14.8. The van der Waals surface area contributed by atoms with E-state index in [0.29, 0.717) is 0 Å². The van der Waals surface area contributed by atoms with E-state index in [1.54, 1.807) is 0 Å². The first-order valence-corrected chi connectivity index (χ1v) is 5.46. The number of ether oxygens (including phenoxy) is 1. The number of rotatable bonds is 4. The Hall–Kier alpha value is -1.47. The molecule has 8 heteroatoms. The summed E-state index contributed by atoms with van der Waals surface area (Å²) in [6.07, 6.45) is -4.97. The predicted molar refractivity (Wildman–Crippen MR) is 62.3 cm³/mol. The van der Waals surface area contributed by atoms with Gasteiger partial charge in [-0.2, -0.15) is 13.2 Å². The van der Waals surface area contributed by atoms with Gasteiger partial charge in [-0.1, -0.05) is 11.6 Å². The van der Waals surface area contributed by atoms with Gasteiger partial charge >= 0.3 is 12.1 Å². The van der Waals surface area contributed by atoms with Crippen molar-refractivity contribution in [3.63, 3.8) is 0 Å². The van der Waals surface area contributed by atoms with Gasteiger partial charge in [0.1, 0.15) is 11.8 Å². The van der Waals surface area contributed by atoms with Crippen molar-refractivity contribution >= 4 is 17.6 Å². The van der Waals surface area contributed by atoms with E-state index in [9.17, 15) is 18.0 Å². The highest BCUT2D eigenvalue weighted by Gasteiger charge is 2.36. The lowest BCUT2D eigenvalue weighted by Crippen LogP contribution is -2.32. The van der Waals surface area contributed by atoms with Crippen LogP contribution in [0.15, 0.2) is 12.1 Å². The number of alkyl halides is 3. The molecule has 0 aliphatic rings. The fourth-order valence-corrected chi connectivity index (χ4v) is 1.82. The quantitative estimate of drug-likeness (QED) is 0.894. The van der Waals surface area contributed by atoms with Crippen LogP contribution in [0.25, 0.3) is 0 Å². The van der Waals surface area contributed by atoms with E-state index >= 15 is 0 Å². The van der Waals surface area contributed by atoms with Crippen LogP contribution in [0.3, 0.4) is 0 Å². The first kappa shape index (κ1) is 15.6. The third-order valence-electron chi connectivity index (χ3n) is 2.40. The molecule has 1 aromatic rings. The van der Waals surface area contributed by atoms with Crippen LogP contribution in [0, 0.1) is 0 Å². The summed E-state index contributed by atoms with van der Waals surface area (Å²) in [6.45, 7) is 0. The van der Waals surface area contributed by atoms with Gasteiger partial charge in [0.05, 0.1) is 12.7 Å². The molecule has 1 aromatic carbocycles. The van der Waals surface area contributed by atoms with E-state index in [2.05, 4.69) is 0 Å². The Morgan fingerprint density at radius 1 is 1.53 bits per heavy atom. The molecule has 0 saturated carbocycles. The summed E-state index contributed by atoms with van der Waals surface area (Å²) in [4.78, 5) is 10.6. The number of aliphatic carboxylic acids is 1. The molecule has 0 aromatic heterocycles. The van der Waals surface area contributed by atoms with Crippen molar-refractivity contribution in [2.24, 2.45) is 5.73 Å². The van der Waals surface area contributed by atoms with Crippen LogP contribution >= 0.6 is 11.6 Å². The number of methoxy groups -OCH3 is 1. The zero-order valence-corrected chi connectivity index (χ0v) is 10.5. The van der Waals surface area contributed by atoms with Crippen LogP contribution in [0.1, 0.15) is 11.1 Å². The second kappa shape index (κ2) is 5.66. The number of nitrogens with two attached hydrogens (primary N) is 1. The van der Waals surface area contributed by atoms with E-state index in [-0.39, 0.29) is 17.0 Å². The number of carbonyl (C=O) groups is 1. The summed E-state index contributed by atoms with van der Waals surface area (Å²) in [5.41, 5.74) is 4.24. The minimum absolute atomic E-state index is 0.00257. The van der Waals surface area contributed by atoms with Crippen molar-refractivity contribution in [1.82, 2.24) is 0 Å². The summed E-state index contributed by atoms with van der Waals surface area (Å²) in [5, 5.41) is 8.52. The van der Waals surface area contributed by atoms with Crippen molar-refractivity contribution in [2.75, 3.05) is 7.11 Å². The van der Waals surface area contributed by atoms with Crippen LogP contribution in [0.2, 0.25) is 5.02 Å². The molecule has 0 fully saturated rings. The smallest absolute Gasteiger partial charge is 0.420 e. The van der Waals surface area contributed by atoms with Gasteiger partial charge in [-0.25, -0.2) is 0 Å². The Kier molecular flexibility index (Phi) is 4.65. The molecule has 0 radical (unpaired) electrons. The molecule has 19 heavy (non-hydrogen) atoms. The van der Waals surface area contributed by atoms with Crippen LogP contribution in [0.5, 0.6) is 5.75 Å². The fourth-order valence-electron chi connectivity index (χ4n) is 1.58. The topological polar surface area (TPSA) is 72.5 Å². The summed E-state index contributed by atoms with van der Waals surface area (Å²) in [6, 6.07) is 0.586. The lowest BCUT2D eigenvalue weighted by Gasteiger charge is -2.17. The Balaban J connectivity index is 3.31. The van der Waals surface area contributed by atoms with Gasteiger partial charge in [-0.3, -0.25) is 4.79 Å². The van der Waals surface area contributed by atoms with Crippen LogP contribution in [-0.2, 0) is 17.4 Å². The van der Waals surface area contributed by atoms with Crippen molar-refractivity contribution in [3.8, 4) is 5.75 Å². The Bertz CT molecular complexity index is 491. The molecule has 0 bridgehead atoms. The zero-order valence-electron chi connectivity index (χ0n) is 9.79. The number of hydrogen-bond donors (Lipinski definition) is 2. The van der Waals surface area contributed by atoms with E-state index in [1.165, 1.54) is 6.07 Å². The molecular weight excluding hydrogens is 287 g/mol. The molecule has 0 aliphatic carbocycles. The molecule has 1 rings (SSSR count). The molecule has 0 amide bonds. The van der Waals surface area contributed by atoms with Gasteiger partial charge < -0.3 is 15.6 Å². The molecule has 0 saturated heterocycles. The van der Waals surface area contributed by atoms with Crippen molar-refractivity contribution < 1.29 is 27.8 Å². The Labute approximate surface area is 111 Å². The van der Waals surface area contributed by atoms with Crippen molar-refractivity contribution in [3.05, 3.63) is 28.3 Å². The number of hydrogen-bond acceptors (Lipinski definition) is 3. The van der Waals surface area contributed by atoms with Gasteiger partial charge in [0.2, 0.25) is 0 Å². The molecule has 0 spiro atoms. The molecule has 0 heterocycles. The largest absolute Gasteiger partial charge is 0.496 e. The third-order valence-corrected chi connectivity index (χ3v) is 2.62. The molecule has 1 unspecified atom stereocenters. The molecule has 106 valence electrons. The van der Waals surface area contributed by atoms with E-state index in [4.69, 9.17) is 27.2 Å². The lowest BCUT2D eigenvalue weighted by atomic mass is 10.0.